The number of hydrogen-bond acceptors (Lipinski definition) is 4. The fourth-order valence-electron chi connectivity index (χ4n) is 2.68. The summed E-state index contributed by atoms with van der Waals surface area (Å²) in [6, 6.07) is 12.7. The van der Waals surface area contributed by atoms with E-state index in [0.717, 1.165) is 24.8 Å². The number of ether oxygens (including phenoxy) is 2. The third kappa shape index (κ3) is 6.10. The Morgan fingerprint density at radius 1 is 1.10 bits per heavy atom. The van der Waals surface area contributed by atoms with Gasteiger partial charge in [-0.3, -0.25) is 9.59 Å². The van der Waals surface area contributed by atoms with E-state index in [0.29, 0.717) is 35.4 Å². The highest BCUT2D eigenvalue weighted by Crippen LogP contribution is 2.28. The van der Waals surface area contributed by atoms with Gasteiger partial charge in [0.1, 0.15) is 0 Å². The van der Waals surface area contributed by atoms with Crippen molar-refractivity contribution in [2.45, 2.75) is 32.2 Å². The van der Waals surface area contributed by atoms with Crippen molar-refractivity contribution in [3.05, 3.63) is 59.7 Å². The average molecular weight is 394 g/mol. The number of carbonyl (C=O) groups excluding carboxylic acids is 2. The molecule has 152 valence electrons. The van der Waals surface area contributed by atoms with Gasteiger partial charge in [0.25, 0.3) is 5.91 Å². The van der Waals surface area contributed by atoms with Crippen molar-refractivity contribution in [1.29, 1.82) is 0 Å². The smallest absolute Gasteiger partial charge is 0.251 e. The zero-order valence-electron chi connectivity index (χ0n) is 16.7. The van der Waals surface area contributed by atoms with E-state index in [4.69, 9.17) is 9.47 Å². The van der Waals surface area contributed by atoms with Crippen LogP contribution < -0.4 is 20.1 Å². The lowest BCUT2D eigenvalue weighted by Gasteiger charge is -2.10. The highest BCUT2D eigenvalue weighted by Gasteiger charge is 2.23. The molecule has 0 spiro atoms. The standard InChI is InChI=1S/C23H26N2O4/c1-3-14-29-20-12-4-16(15-21(20)28-2)5-13-22(26)24-18-8-6-17(7-9-18)23(27)25-19-10-11-19/h4-9,12-13,15,19H,3,10-11,14H2,1-2H3,(H,24,26)(H,25,27)/b13-5+. The van der Waals surface area contributed by atoms with Crippen LogP contribution in [0.15, 0.2) is 48.5 Å². The van der Waals surface area contributed by atoms with Crippen molar-refractivity contribution < 1.29 is 19.1 Å². The molecule has 1 saturated carbocycles. The summed E-state index contributed by atoms with van der Waals surface area (Å²) in [4.78, 5) is 24.2. The molecule has 0 aliphatic heterocycles. The second kappa shape index (κ2) is 9.78. The molecule has 2 aromatic carbocycles. The van der Waals surface area contributed by atoms with E-state index >= 15 is 0 Å². The molecular formula is C23H26N2O4. The van der Waals surface area contributed by atoms with E-state index in [1.807, 2.05) is 25.1 Å². The molecule has 6 nitrogen and oxygen atoms in total. The van der Waals surface area contributed by atoms with E-state index in [1.165, 1.54) is 6.08 Å². The van der Waals surface area contributed by atoms with Gasteiger partial charge in [-0.05, 0) is 67.3 Å². The second-order valence-electron chi connectivity index (χ2n) is 6.91. The predicted octanol–water partition coefficient (Wildman–Crippen LogP) is 4.03. The van der Waals surface area contributed by atoms with Crippen LogP contribution in [0.1, 0.15) is 42.1 Å². The first-order valence-electron chi connectivity index (χ1n) is 9.80. The fourth-order valence-corrected chi connectivity index (χ4v) is 2.68. The maximum absolute atomic E-state index is 12.2. The van der Waals surface area contributed by atoms with Gasteiger partial charge in [0.2, 0.25) is 5.91 Å². The third-order valence-electron chi connectivity index (χ3n) is 4.40. The number of carbonyl (C=O) groups is 2. The van der Waals surface area contributed by atoms with E-state index < -0.39 is 0 Å². The SMILES string of the molecule is CCCOc1ccc(/C=C/C(=O)Nc2ccc(C(=O)NC3CC3)cc2)cc1OC. The maximum Gasteiger partial charge on any atom is 0.251 e. The highest BCUT2D eigenvalue weighted by atomic mass is 16.5. The van der Waals surface area contributed by atoms with Gasteiger partial charge in [0.05, 0.1) is 13.7 Å². The topological polar surface area (TPSA) is 76.7 Å². The number of benzene rings is 2. The Labute approximate surface area is 170 Å². The Kier molecular flexibility index (Phi) is 6.89. The molecule has 0 saturated heterocycles. The first-order valence-corrected chi connectivity index (χ1v) is 9.80. The molecule has 0 atom stereocenters. The van der Waals surface area contributed by atoms with E-state index in [1.54, 1.807) is 37.5 Å². The number of nitrogens with one attached hydrogen (secondary N) is 2. The molecule has 1 fully saturated rings. The minimum absolute atomic E-state index is 0.0782. The zero-order chi connectivity index (χ0) is 20.6. The zero-order valence-corrected chi connectivity index (χ0v) is 16.7. The highest BCUT2D eigenvalue weighted by molar-refractivity contribution is 6.02. The molecule has 0 radical (unpaired) electrons. The van der Waals surface area contributed by atoms with Crippen LogP contribution in [-0.2, 0) is 4.79 Å². The van der Waals surface area contributed by atoms with Crippen LogP contribution in [0.25, 0.3) is 6.08 Å². The fraction of sp³-hybridized carbons (Fsp3) is 0.304. The van der Waals surface area contributed by atoms with Crippen LogP contribution in [0, 0.1) is 0 Å². The van der Waals surface area contributed by atoms with E-state index in [9.17, 15) is 9.59 Å². The van der Waals surface area contributed by atoms with Gasteiger partial charge in [-0.25, -0.2) is 0 Å². The van der Waals surface area contributed by atoms with Crippen LogP contribution in [0.4, 0.5) is 5.69 Å². The van der Waals surface area contributed by atoms with Gasteiger partial charge >= 0.3 is 0 Å². The van der Waals surface area contributed by atoms with Crippen LogP contribution in [-0.4, -0.2) is 31.6 Å². The van der Waals surface area contributed by atoms with Crippen molar-refractivity contribution in [2.75, 3.05) is 19.0 Å². The van der Waals surface area contributed by atoms with Gasteiger partial charge in [0, 0.05) is 23.4 Å². The summed E-state index contributed by atoms with van der Waals surface area (Å²) in [5, 5.41) is 5.72. The van der Waals surface area contributed by atoms with Gasteiger partial charge < -0.3 is 20.1 Å². The second-order valence-corrected chi connectivity index (χ2v) is 6.91. The number of hydrogen-bond donors (Lipinski definition) is 2. The Bertz CT molecular complexity index is 886. The normalized spacial score (nSPS) is 13.2. The van der Waals surface area contributed by atoms with E-state index in [-0.39, 0.29) is 11.8 Å². The Morgan fingerprint density at radius 3 is 2.52 bits per heavy atom. The molecule has 0 aromatic heterocycles. The monoisotopic (exact) mass is 394 g/mol. The summed E-state index contributed by atoms with van der Waals surface area (Å²) in [5.41, 5.74) is 2.04. The van der Waals surface area contributed by atoms with Gasteiger partial charge in [-0.2, -0.15) is 0 Å². The lowest BCUT2D eigenvalue weighted by atomic mass is 10.1. The summed E-state index contributed by atoms with van der Waals surface area (Å²) in [6.45, 7) is 2.66. The molecule has 1 aliphatic rings. The quantitative estimate of drug-likeness (QED) is 0.630. The summed E-state index contributed by atoms with van der Waals surface area (Å²) in [7, 11) is 1.59. The summed E-state index contributed by atoms with van der Waals surface area (Å²) >= 11 is 0. The molecule has 3 rings (SSSR count). The first kappa shape index (κ1) is 20.5. The number of anilines is 1. The van der Waals surface area contributed by atoms with Crippen LogP contribution in [0.3, 0.4) is 0 Å². The van der Waals surface area contributed by atoms with Crippen molar-refractivity contribution in [1.82, 2.24) is 5.32 Å². The molecule has 0 unspecified atom stereocenters. The molecule has 29 heavy (non-hydrogen) atoms. The number of rotatable bonds is 9. The van der Waals surface area contributed by atoms with E-state index in [2.05, 4.69) is 10.6 Å². The largest absolute Gasteiger partial charge is 0.493 e. The Hall–Kier alpha value is -3.28. The minimum Gasteiger partial charge on any atom is -0.493 e. The molecule has 6 heteroatoms. The molecule has 2 amide bonds. The first-order chi connectivity index (χ1) is 14.1. The molecule has 2 N–H and O–H groups in total. The van der Waals surface area contributed by atoms with Gasteiger partial charge in [-0.15, -0.1) is 0 Å². The van der Waals surface area contributed by atoms with Crippen molar-refractivity contribution in [3.8, 4) is 11.5 Å². The van der Waals surface area contributed by atoms with Crippen molar-refractivity contribution in [2.24, 2.45) is 0 Å². The van der Waals surface area contributed by atoms with Gasteiger partial charge in [-0.1, -0.05) is 13.0 Å². The molecule has 1 aliphatic carbocycles. The molecular weight excluding hydrogens is 368 g/mol. The maximum atomic E-state index is 12.2. The van der Waals surface area contributed by atoms with Crippen LogP contribution in [0.5, 0.6) is 11.5 Å². The lowest BCUT2D eigenvalue weighted by Crippen LogP contribution is -2.25. The summed E-state index contributed by atoms with van der Waals surface area (Å²) in [6.07, 6.45) is 6.17. The predicted molar refractivity (Wildman–Crippen MR) is 113 cm³/mol. The summed E-state index contributed by atoms with van der Waals surface area (Å²) < 4.78 is 11.0. The number of methoxy groups -OCH3 is 1. The minimum atomic E-state index is -0.259. The Morgan fingerprint density at radius 2 is 1.86 bits per heavy atom. The third-order valence-corrected chi connectivity index (χ3v) is 4.40. The lowest BCUT2D eigenvalue weighted by molar-refractivity contribution is -0.111. The van der Waals surface area contributed by atoms with Crippen molar-refractivity contribution >= 4 is 23.6 Å². The van der Waals surface area contributed by atoms with Gasteiger partial charge in [0.15, 0.2) is 11.5 Å². The van der Waals surface area contributed by atoms with Crippen molar-refractivity contribution in [3.63, 3.8) is 0 Å². The molecule has 2 aromatic rings. The molecule has 0 bridgehead atoms. The Balaban J connectivity index is 1.56. The summed E-state index contributed by atoms with van der Waals surface area (Å²) in [5.74, 6) is 0.971. The molecule has 0 heterocycles. The van der Waals surface area contributed by atoms with Crippen LogP contribution >= 0.6 is 0 Å². The van der Waals surface area contributed by atoms with Crippen LogP contribution in [0.2, 0.25) is 0 Å². The average Bonchev–Trinajstić information content (AvgIpc) is 3.55. The number of amides is 2.